The molecule has 0 aliphatic heterocycles. The largest absolute Gasteiger partial charge is 0.510 e. The van der Waals surface area contributed by atoms with Crippen molar-refractivity contribution < 1.29 is 20.1 Å². The Bertz CT molecular complexity index is 120. The molecule has 9 heavy (non-hydrogen) atoms. The maximum atomic E-state index is 9.69. The number of aldehydes is 1. The van der Waals surface area contributed by atoms with E-state index in [0.29, 0.717) is 0 Å². The van der Waals surface area contributed by atoms with Crippen molar-refractivity contribution in [1.82, 2.24) is 0 Å². The summed E-state index contributed by atoms with van der Waals surface area (Å²) >= 11 is 0. The zero-order chi connectivity index (χ0) is 7.44. The number of aliphatic hydroxyl groups excluding tert-OH is 3. The van der Waals surface area contributed by atoms with Crippen molar-refractivity contribution in [2.75, 3.05) is 0 Å². The highest BCUT2D eigenvalue weighted by molar-refractivity contribution is 5.57. The van der Waals surface area contributed by atoms with Crippen LogP contribution in [0, 0.1) is 0 Å². The van der Waals surface area contributed by atoms with Gasteiger partial charge in [0.05, 0.1) is 0 Å². The van der Waals surface area contributed by atoms with E-state index in [9.17, 15) is 4.79 Å². The summed E-state index contributed by atoms with van der Waals surface area (Å²) in [6.07, 6.45) is -3.03. The lowest BCUT2D eigenvalue weighted by Gasteiger charge is -2.08. The first-order chi connectivity index (χ1) is 4.09. The number of rotatable bonds is 3. The van der Waals surface area contributed by atoms with Crippen LogP contribution in [0.25, 0.3) is 0 Å². The lowest BCUT2D eigenvalue weighted by molar-refractivity contribution is -0.119. The van der Waals surface area contributed by atoms with Crippen molar-refractivity contribution in [2.24, 2.45) is 0 Å². The zero-order valence-corrected chi connectivity index (χ0v) is 4.69. The normalized spacial score (nSPS) is 16.2. The van der Waals surface area contributed by atoms with E-state index in [2.05, 4.69) is 6.58 Å². The highest BCUT2D eigenvalue weighted by Gasteiger charge is 2.16. The van der Waals surface area contributed by atoms with Gasteiger partial charge in [0.2, 0.25) is 0 Å². The van der Waals surface area contributed by atoms with Crippen molar-refractivity contribution >= 4 is 6.29 Å². The Morgan fingerprint density at radius 2 is 2.00 bits per heavy atom. The molecule has 0 aromatic heterocycles. The smallest absolute Gasteiger partial charge is 0.151 e. The van der Waals surface area contributed by atoms with Gasteiger partial charge in [-0.25, -0.2) is 0 Å². The van der Waals surface area contributed by atoms with Gasteiger partial charge in [0.15, 0.2) is 6.29 Å². The molecule has 0 saturated carbocycles. The summed E-state index contributed by atoms with van der Waals surface area (Å²) in [5.74, 6) is -0.616. The van der Waals surface area contributed by atoms with Crippen LogP contribution < -0.4 is 0 Å². The summed E-state index contributed by atoms with van der Waals surface area (Å²) in [7, 11) is 0. The molecule has 0 radical (unpaired) electrons. The average molecular weight is 132 g/mol. The third kappa shape index (κ3) is 2.25. The lowest BCUT2D eigenvalue weighted by atomic mass is 10.2. The first-order valence-electron chi connectivity index (χ1n) is 2.28. The Balaban J connectivity index is 3.86. The molecule has 4 heteroatoms. The van der Waals surface area contributed by atoms with Crippen LogP contribution in [-0.2, 0) is 4.79 Å². The van der Waals surface area contributed by atoms with Crippen molar-refractivity contribution in [3.05, 3.63) is 12.3 Å². The summed E-state index contributed by atoms with van der Waals surface area (Å²) in [5.41, 5.74) is 0. The average Bonchev–Trinajstić information content (AvgIpc) is 1.84. The molecule has 52 valence electrons. The van der Waals surface area contributed by atoms with Crippen molar-refractivity contribution in [1.29, 1.82) is 0 Å². The van der Waals surface area contributed by atoms with Crippen LogP contribution in [0.1, 0.15) is 0 Å². The minimum Gasteiger partial charge on any atom is -0.510 e. The quantitative estimate of drug-likeness (QED) is 0.339. The molecule has 0 saturated heterocycles. The molecule has 0 aliphatic rings. The van der Waals surface area contributed by atoms with Gasteiger partial charge in [-0.15, -0.1) is 0 Å². The van der Waals surface area contributed by atoms with E-state index in [4.69, 9.17) is 15.3 Å². The van der Waals surface area contributed by atoms with Gasteiger partial charge in [0, 0.05) is 0 Å². The van der Waals surface area contributed by atoms with E-state index in [1.165, 1.54) is 0 Å². The molecule has 0 spiro atoms. The first-order valence-corrected chi connectivity index (χ1v) is 2.28. The molecule has 0 fully saturated rings. The van der Waals surface area contributed by atoms with Gasteiger partial charge in [-0.05, 0) is 0 Å². The van der Waals surface area contributed by atoms with Gasteiger partial charge in [-0.3, -0.25) is 0 Å². The summed E-state index contributed by atoms with van der Waals surface area (Å²) in [4.78, 5) is 9.69. The molecule has 2 unspecified atom stereocenters. The van der Waals surface area contributed by atoms with Crippen LogP contribution in [0.2, 0.25) is 0 Å². The Morgan fingerprint density at radius 1 is 1.56 bits per heavy atom. The molecule has 0 aromatic rings. The van der Waals surface area contributed by atoms with E-state index in [1.54, 1.807) is 0 Å². The number of carbonyl (C=O) groups excluding carboxylic acids is 1. The fraction of sp³-hybridized carbons (Fsp3) is 0.400. The van der Waals surface area contributed by atoms with E-state index in [0.717, 1.165) is 0 Å². The molecule has 0 aliphatic carbocycles. The van der Waals surface area contributed by atoms with Gasteiger partial charge in [-0.2, -0.15) is 0 Å². The molecule has 0 bridgehead atoms. The van der Waals surface area contributed by atoms with Crippen LogP contribution in [0.3, 0.4) is 0 Å². The minimum absolute atomic E-state index is 0.117. The fourth-order valence-electron chi connectivity index (χ4n) is 0.272. The first kappa shape index (κ1) is 8.13. The predicted octanol–water partition coefficient (Wildman–Crippen LogP) is -1.02. The Morgan fingerprint density at radius 3 is 2.11 bits per heavy atom. The van der Waals surface area contributed by atoms with Gasteiger partial charge in [0.1, 0.15) is 18.0 Å². The standard InChI is InChI=1S/C5H8O4/c1-3(7)5(9)4(8)2-6/h2,4-5,7-9H,1H2. The number of hydrogen-bond acceptors (Lipinski definition) is 4. The highest BCUT2D eigenvalue weighted by atomic mass is 16.4. The van der Waals surface area contributed by atoms with Crippen LogP contribution in [0.15, 0.2) is 12.3 Å². The third-order valence-corrected chi connectivity index (χ3v) is 0.804. The molecular formula is C5H8O4. The van der Waals surface area contributed by atoms with Gasteiger partial charge in [-0.1, -0.05) is 6.58 Å². The summed E-state index contributed by atoms with van der Waals surface area (Å²) < 4.78 is 0. The van der Waals surface area contributed by atoms with Crippen molar-refractivity contribution in [3.63, 3.8) is 0 Å². The Kier molecular flexibility index (Phi) is 2.90. The van der Waals surface area contributed by atoms with Crippen molar-refractivity contribution in [3.8, 4) is 0 Å². The minimum atomic E-state index is -1.58. The van der Waals surface area contributed by atoms with Gasteiger partial charge < -0.3 is 20.1 Å². The van der Waals surface area contributed by atoms with Crippen molar-refractivity contribution in [2.45, 2.75) is 12.2 Å². The summed E-state index contributed by atoms with van der Waals surface area (Å²) in [6, 6.07) is 0. The second kappa shape index (κ2) is 3.21. The van der Waals surface area contributed by atoms with E-state index < -0.39 is 18.0 Å². The number of hydrogen-bond donors (Lipinski definition) is 3. The van der Waals surface area contributed by atoms with E-state index in [-0.39, 0.29) is 6.29 Å². The fourth-order valence-corrected chi connectivity index (χ4v) is 0.272. The highest BCUT2D eigenvalue weighted by Crippen LogP contribution is 1.97. The van der Waals surface area contributed by atoms with E-state index in [1.807, 2.05) is 0 Å². The van der Waals surface area contributed by atoms with Crippen LogP contribution in [0.5, 0.6) is 0 Å². The molecular weight excluding hydrogens is 124 g/mol. The molecule has 2 atom stereocenters. The van der Waals surface area contributed by atoms with Crippen LogP contribution in [0.4, 0.5) is 0 Å². The molecule has 0 amide bonds. The summed E-state index contributed by atoms with van der Waals surface area (Å²) in [6.45, 7) is 2.91. The molecule has 0 rings (SSSR count). The topological polar surface area (TPSA) is 77.8 Å². The maximum Gasteiger partial charge on any atom is 0.151 e. The molecule has 0 aromatic carbocycles. The summed E-state index contributed by atoms with van der Waals surface area (Å²) in [5, 5.41) is 25.4. The lowest BCUT2D eigenvalue weighted by Crippen LogP contribution is -2.28. The third-order valence-electron chi connectivity index (χ3n) is 0.804. The monoisotopic (exact) mass is 132 g/mol. The van der Waals surface area contributed by atoms with Crippen LogP contribution in [-0.4, -0.2) is 33.8 Å². The van der Waals surface area contributed by atoms with Crippen LogP contribution >= 0.6 is 0 Å². The Labute approximate surface area is 52.1 Å². The SMILES string of the molecule is C=C(O)C(O)C(O)C=O. The Hall–Kier alpha value is -0.870. The predicted molar refractivity (Wildman–Crippen MR) is 29.8 cm³/mol. The molecule has 4 nitrogen and oxygen atoms in total. The van der Waals surface area contributed by atoms with Gasteiger partial charge in [0.25, 0.3) is 0 Å². The van der Waals surface area contributed by atoms with E-state index >= 15 is 0 Å². The number of carbonyl (C=O) groups is 1. The maximum absolute atomic E-state index is 9.69. The zero-order valence-electron chi connectivity index (χ0n) is 4.69. The second-order valence-electron chi connectivity index (χ2n) is 1.56. The molecule has 3 N–H and O–H groups in total. The van der Waals surface area contributed by atoms with Gasteiger partial charge >= 0.3 is 0 Å². The molecule has 0 heterocycles. The number of aliphatic hydroxyl groups is 3. The second-order valence-corrected chi connectivity index (χ2v) is 1.56.